The molecule has 0 nitrogen and oxygen atoms in total. The molecule has 0 aromatic heterocycles. The Morgan fingerprint density at radius 2 is 1.88 bits per heavy atom. The van der Waals surface area contributed by atoms with Crippen molar-refractivity contribution in [2.24, 2.45) is 0 Å². The second-order valence-electron chi connectivity index (χ2n) is 2.36. The van der Waals surface area contributed by atoms with Crippen LogP contribution in [0, 0.1) is 6.08 Å². The first kappa shape index (κ1) is 5.78. The average Bonchev–Trinajstić information content (AvgIpc) is 1.62. The maximum Gasteiger partial charge on any atom is 0.218 e. The van der Waals surface area contributed by atoms with Gasteiger partial charge in [0.15, 0.2) is 12.5 Å². The monoisotopic (exact) mass is 109 g/mol. The number of allylic oxidation sites excluding steroid dienone is 2. The minimum Gasteiger partial charge on any atom is -0.0527 e. The van der Waals surface area contributed by atoms with Crippen LogP contribution in [0.3, 0.4) is 0 Å². The molecule has 0 amide bonds. The van der Waals surface area contributed by atoms with E-state index in [1.165, 1.54) is 38.5 Å². The third kappa shape index (κ3) is 2.09. The highest BCUT2D eigenvalue weighted by atomic mass is 14.0. The Balaban J connectivity index is 2.17. The Labute approximate surface area is 51.6 Å². The van der Waals surface area contributed by atoms with Crippen molar-refractivity contribution in [3.05, 3.63) is 12.2 Å². The summed E-state index contributed by atoms with van der Waals surface area (Å²) in [6.07, 6.45) is 13.5. The zero-order chi connectivity index (χ0) is 5.66. The van der Waals surface area contributed by atoms with Crippen LogP contribution in [0.15, 0.2) is 6.08 Å². The molecule has 44 valence electrons. The van der Waals surface area contributed by atoms with Crippen molar-refractivity contribution in [1.82, 2.24) is 0 Å². The van der Waals surface area contributed by atoms with E-state index in [2.05, 4.69) is 12.2 Å². The van der Waals surface area contributed by atoms with Crippen LogP contribution in [0.4, 0.5) is 0 Å². The second-order valence-corrected chi connectivity index (χ2v) is 2.36. The van der Waals surface area contributed by atoms with Gasteiger partial charge in [-0.3, -0.25) is 0 Å². The lowest BCUT2D eigenvalue weighted by Gasteiger charge is -1.93. The Hall–Kier alpha value is -0.350. The first-order chi connectivity index (χ1) is 4.00. The van der Waals surface area contributed by atoms with Crippen molar-refractivity contribution >= 4 is 0 Å². The maximum atomic E-state index is 3.26. The summed E-state index contributed by atoms with van der Waals surface area (Å²) in [5.41, 5.74) is 0. The van der Waals surface area contributed by atoms with E-state index < -0.39 is 0 Å². The maximum absolute atomic E-state index is 3.26. The smallest absolute Gasteiger partial charge is 0.0527 e. The predicted molar refractivity (Wildman–Crippen MR) is 35.5 cm³/mol. The molecule has 1 aliphatic rings. The molecule has 0 atom stereocenters. The molecule has 1 rings (SSSR count). The van der Waals surface area contributed by atoms with Crippen LogP contribution in [0.25, 0.3) is 0 Å². The third-order valence-electron chi connectivity index (χ3n) is 1.56. The summed E-state index contributed by atoms with van der Waals surface area (Å²) in [6.45, 7) is 0. The van der Waals surface area contributed by atoms with Gasteiger partial charge in [-0.15, -0.1) is 0 Å². The minimum atomic E-state index is 1.19. The number of hydrogen-bond donors (Lipinski definition) is 0. The zero-order valence-corrected chi connectivity index (χ0v) is 5.32. The van der Waals surface area contributed by atoms with E-state index in [4.69, 9.17) is 0 Å². The van der Waals surface area contributed by atoms with Gasteiger partial charge in [0, 0.05) is 6.42 Å². The Bertz CT molecular complexity index is 62.1. The van der Waals surface area contributed by atoms with Crippen molar-refractivity contribution in [2.45, 2.75) is 38.5 Å². The molecule has 0 N–H and O–H groups in total. The third-order valence-corrected chi connectivity index (χ3v) is 1.56. The SMILES string of the molecule is [C+]1=CCCCCCC1. The normalized spacial score (nSPS) is 21.0. The van der Waals surface area contributed by atoms with Crippen LogP contribution < -0.4 is 0 Å². The molecule has 0 spiro atoms. The highest BCUT2D eigenvalue weighted by Crippen LogP contribution is 2.09. The molecule has 0 saturated carbocycles. The second kappa shape index (κ2) is 3.63. The van der Waals surface area contributed by atoms with Gasteiger partial charge in [-0.2, -0.15) is 0 Å². The lowest BCUT2D eigenvalue weighted by Crippen LogP contribution is -1.80. The summed E-state index contributed by atoms with van der Waals surface area (Å²) < 4.78 is 0. The number of rotatable bonds is 0. The molecule has 0 fully saturated rings. The van der Waals surface area contributed by atoms with Crippen LogP contribution in [-0.2, 0) is 0 Å². The molecule has 0 heteroatoms. The fraction of sp³-hybridized carbons (Fsp3) is 0.750. The van der Waals surface area contributed by atoms with Crippen molar-refractivity contribution in [3.63, 3.8) is 0 Å². The molecule has 0 radical (unpaired) electrons. The molecular formula is C8H13+. The van der Waals surface area contributed by atoms with E-state index in [-0.39, 0.29) is 0 Å². The molecule has 0 aromatic rings. The Morgan fingerprint density at radius 1 is 1.00 bits per heavy atom. The molecule has 0 saturated heterocycles. The van der Waals surface area contributed by atoms with E-state index in [0.29, 0.717) is 0 Å². The van der Waals surface area contributed by atoms with Gasteiger partial charge in [0.2, 0.25) is 6.08 Å². The highest BCUT2D eigenvalue weighted by molar-refractivity contribution is 4.75. The van der Waals surface area contributed by atoms with Gasteiger partial charge in [0.25, 0.3) is 0 Å². The lowest BCUT2D eigenvalue weighted by molar-refractivity contribution is 0.632. The van der Waals surface area contributed by atoms with E-state index in [1.54, 1.807) is 0 Å². The summed E-state index contributed by atoms with van der Waals surface area (Å²) in [5, 5.41) is 0. The van der Waals surface area contributed by atoms with Gasteiger partial charge in [0.1, 0.15) is 0 Å². The van der Waals surface area contributed by atoms with Crippen LogP contribution in [0.5, 0.6) is 0 Å². The molecular weight excluding hydrogens is 96.1 g/mol. The van der Waals surface area contributed by atoms with Crippen LogP contribution in [0.1, 0.15) is 38.5 Å². The van der Waals surface area contributed by atoms with Crippen molar-refractivity contribution < 1.29 is 0 Å². The predicted octanol–water partition coefficient (Wildman–Crippen LogP) is 2.70. The molecule has 8 heavy (non-hydrogen) atoms. The Kier molecular flexibility index (Phi) is 2.62. The summed E-state index contributed by atoms with van der Waals surface area (Å²) in [5.74, 6) is 0. The zero-order valence-electron chi connectivity index (χ0n) is 5.32. The fourth-order valence-electron chi connectivity index (χ4n) is 1.03. The van der Waals surface area contributed by atoms with E-state index in [1.807, 2.05) is 0 Å². The van der Waals surface area contributed by atoms with Gasteiger partial charge >= 0.3 is 0 Å². The van der Waals surface area contributed by atoms with Crippen LogP contribution in [0.2, 0.25) is 0 Å². The quantitative estimate of drug-likeness (QED) is 0.419. The molecule has 0 aliphatic heterocycles. The number of hydrogen-bond acceptors (Lipinski definition) is 0. The molecule has 0 bridgehead atoms. The summed E-state index contributed by atoms with van der Waals surface area (Å²) in [4.78, 5) is 0. The summed E-state index contributed by atoms with van der Waals surface area (Å²) in [7, 11) is 0. The van der Waals surface area contributed by atoms with E-state index in [9.17, 15) is 0 Å². The van der Waals surface area contributed by atoms with Crippen molar-refractivity contribution in [3.8, 4) is 0 Å². The van der Waals surface area contributed by atoms with Gasteiger partial charge in [-0.1, -0.05) is 6.42 Å². The van der Waals surface area contributed by atoms with E-state index in [0.717, 1.165) is 0 Å². The largest absolute Gasteiger partial charge is 0.218 e. The van der Waals surface area contributed by atoms with Crippen molar-refractivity contribution in [2.75, 3.05) is 0 Å². The lowest BCUT2D eigenvalue weighted by atomic mass is 10.1. The molecule has 1 aliphatic carbocycles. The van der Waals surface area contributed by atoms with Gasteiger partial charge in [-0.05, 0) is 19.3 Å². The minimum absolute atomic E-state index is 1.19. The van der Waals surface area contributed by atoms with Crippen molar-refractivity contribution in [1.29, 1.82) is 0 Å². The van der Waals surface area contributed by atoms with Gasteiger partial charge < -0.3 is 0 Å². The molecule has 0 heterocycles. The van der Waals surface area contributed by atoms with Gasteiger partial charge in [-0.25, -0.2) is 0 Å². The topological polar surface area (TPSA) is 0 Å². The average molecular weight is 109 g/mol. The molecule has 0 aromatic carbocycles. The summed E-state index contributed by atoms with van der Waals surface area (Å²) >= 11 is 0. The summed E-state index contributed by atoms with van der Waals surface area (Å²) in [6, 6.07) is 0. The van der Waals surface area contributed by atoms with Crippen LogP contribution in [-0.4, -0.2) is 0 Å². The molecule has 0 unspecified atom stereocenters. The fourth-order valence-corrected chi connectivity index (χ4v) is 1.03. The standard InChI is InChI=1S/C8H13/c1-2-4-6-8-7-5-3-1/h1H,2,4-8H2/q+1. The highest BCUT2D eigenvalue weighted by Gasteiger charge is 1.99. The Morgan fingerprint density at radius 3 is 2.88 bits per heavy atom. The van der Waals surface area contributed by atoms with Gasteiger partial charge in [0.05, 0.1) is 0 Å². The van der Waals surface area contributed by atoms with Crippen LogP contribution >= 0.6 is 0 Å². The first-order valence-electron chi connectivity index (χ1n) is 3.55. The van der Waals surface area contributed by atoms with E-state index >= 15 is 0 Å². The first-order valence-corrected chi connectivity index (χ1v) is 3.55.